The highest BCUT2D eigenvalue weighted by Crippen LogP contribution is 2.19. The van der Waals surface area contributed by atoms with E-state index in [1.54, 1.807) is 0 Å². The Kier molecular flexibility index (Phi) is 3.93. The fraction of sp³-hybridized carbons (Fsp3) is 0.500. The average Bonchev–Trinajstić information content (AvgIpc) is 1.87. The minimum atomic E-state index is -2.56. The van der Waals surface area contributed by atoms with Crippen LogP contribution in [0.1, 0.15) is 13.8 Å². The number of carbonyl (C=O) groups is 1. The van der Waals surface area contributed by atoms with E-state index in [1.807, 2.05) is 0 Å². The smallest absolute Gasteiger partial charge is 0.331 e. The summed E-state index contributed by atoms with van der Waals surface area (Å²) in [5.41, 5.74) is -0.655. The molecule has 0 aliphatic rings. The Labute approximate surface area is 65.4 Å². The maximum Gasteiger partial charge on any atom is 0.331 e. The van der Waals surface area contributed by atoms with E-state index in [-0.39, 0.29) is 5.57 Å². The van der Waals surface area contributed by atoms with Gasteiger partial charge in [-0.2, -0.15) is 0 Å². The summed E-state index contributed by atoms with van der Waals surface area (Å²) in [6.07, 6.45) is 1.20. The molecule has 0 aromatic carbocycles. The molecule has 0 bridgehead atoms. The number of hydrogen-bond acceptors (Lipinski definition) is 3. The SMILES string of the molecule is CC(=CC(C)[P+](=O)[O-])C(=O)O. The Hall–Kier alpha value is -0.730. The van der Waals surface area contributed by atoms with E-state index in [0.29, 0.717) is 0 Å². The van der Waals surface area contributed by atoms with Gasteiger partial charge in [-0.3, -0.25) is 0 Å². The highest BCUT2D eigenvalue weighted by Gasteiger charge is 2.13. The van der Waals surface area contributed by atoms with Gasteiger partial charge in [0, 0.05) is 5.57 Å². The van der Waals surface area contributed by atoms with Crippen LogP contribution in [0.5, 0.6) is 0 Å². The number of rotatable bonds is 3. The zero-order valence-corrected chi connectivity index (χ0v) is 7.17. The van der Waals surface area contributed by atoms with Crippen LogP contribution < -0.4 is 4.89 Å². The Balaban J connectivity index is 4.31. The Morgan fingerprint density at radius 3 is 2.45 bits per heavy atom. The van der Waals surface area contributed by atoms with E-state index in [2.05, 4.69) is 0 Å². The van der Waals surface area contributed by atoms with Crippen LogP contribution in [0.4, 0.5) is 0 Å². The van der Waals surface area contributed by atoms with E-state index in [9.17, 15) is 14.3 Å². The van der Waals surface area contributed by atoms with Crippen molar-refractivity contribution in [3.63, 3.8) is 0 Å². The summed E-state index contributed by atoms with van der Waals surface area (Å²) in [5.74, 6) is -1.09. The van der Waals surface area contributed by atoms with Gasteiger partial charge in [-0.05, 0) is 19.9 Å². The molecule has 0 amide bonds. The predicted octanol–water partition coefficient (Wildman–Crippen LogP) is 0.508. The fourth-order valence-corrected chi connectivity index (χ4v) is 0.839. The summed E-state index contributed by atoms with van der Waals surface area (Å²) in [7, 11) is -2.56. The van der Waals surface area contributed by atoms with Crippen molar-refractivity contribution in [1.29, 1.82) is 0 Å². The van der Waals surface area contributed by atoms with E-state index in [4.69, 9.17) is 5.11 Å². The molecule has 4 nitrogen and oxygen atoms in total. The zero-order valence-electron chi connectivity index (χ0n) is 6.27. The minimum absolute atomic E-state index is 0.0525. The molecule has 11 heavy (non-hydrogen) atoms. The van der Waals surface area contributed by atoms with Crippen LogP contribution in [0.15, 0.2) is 11.6 Å². The van der Waals surface area contributed by atoms with Gasteiger partial charge in [-0.1, -0.05) is 4.57 Å². The van der Waals surface area contributed by atoms with Crippen LogP contribution in [0.3, 0.4) is 0 Å². The van der Waals surface area contributed by atoms with Gasteiger partial charge in [-0.15, -0.1) is 0 Å². The molecule has 0 aromatic rings. The van der Waals surface area contributed by atoms with Gasteiger partial charge >= 0.3 is 14.0 Å². The number of carboxylic acid groups (broad SMARTS) is 1. The van der Waals surface area contributed by atoms with Gasteiger partial charge in [0.2, 0.25) is 0 Å². The maximum absolute atomic E-state index is 10.3. The van der Waals surface area contributed by atoms with E-state index in [1.165, 1.54) is 19.9 Å². The number of aliphatic carboxylic acids is 1. The molecule has 1 N–H and O–H groups in total. The van der Waals surface area contributed by atoms with Gasteiger partial charge in [0.1, 0.15) is 0 Å². The third-order valence-corrected chi connectivity index (χ3v) is 1.98. The van der Waals surface area contributed by atoms with Crippen LogP contribution in [0.25, 0.3) is 0 Å². The van der Waals surface area contributed by atoms with Crippen molar-refractivity contribution >= 4 is 14.0 Å². The van der Waals surface area contributed by atoms with Gasteiger partial charge in [0.25, 0.3) is 0 Å². The van der Waals surface area contributed by atoms with E-state index in [0.717, 1.165) is 0 Å². The lowest BCUT2D eigenvalue weighted by atomic mass is 10.2. The van der Waals surface area contributed by atoms with Gasteiger partial charge < -0.3 is 10.00 Å². The predicted molar refractivity (Wildman–Crippen MR) is 38.5 cm³/mol. The number of hydrogen-bond donors (Lipinski definition) is 1. The van der Waals surface area contributed by atoms with Gasteiger partial charge in [-0.25, -0.2) is 4.79 Å². The van der Waals surface area contributed by atoms with Gasteiger partial charge in [0.05, 0.1) is 0 Å². The summed E-state index contributed by atoms with van der Waals surface area (Å²) in [6.45, 7) is 2.79. The third-order valence-electron chi connectivity index (χ3n) is 1.16. The maximum atomic E-state index is 10.3. The summed E-state index contributed by atoms with van der Waals surface area (Å²) in [4.78, 5) is 20.4. The lowest BCUT2D eigenvalue weighted by Gasteiger charge is -1.95. The highest BCUT2D eigenvalue weighted by atomic mass is 31.1. The molecule has 2 unspecified atom stereocenters. The first-order valence-corrected chi connectivity index (χ1v) is 4.25. The lowest BCUT2D eigenvalue weighted by molar-refractivity contribution is -0.165. The van der Waals surface area contributed by atoms with E-state index < -0.39 is 19.7 Å². The van der Waals surface area contributed by atoms with Crippen LogP contribution in [0, 0.1) is 0 Å². The van der Waals surface area contributed by atoms with Crippen molar-refractivity contribution in [1.82, 2.24) is 0 Å². The molecule has 0 spiro atoms. The molecular weight excluding hydrogens is 167 g/mol. The normalized spacial score (nSPS) is 15.9. The molecule has 0 radical (unpaired) electrons. The van der Waals surface area contributed by atoms with Crippen molar-refractivity contribution < 1.29 is 19.4 Å². The molecule has 0 aliphatic carbocycles. The van der Waals surface area contributed by atoms with Crippen molar-refractivity contribution in [3.8, 4) is 0 Å². The molecule has 0 aliphatic heterocycles. The quantitative estimate of drug-likeness (QED) is 0.502. The molecule has 2 atom stereocenters. The van der Waals surface area contributed by atoms with Crippen LogP contribution >= 0.6 is 8.03 Å². The molecule has 0 fully saturated rings. The summed E-state index contributed by atoms with van der Waals surface area (Å²) >= 11 is 0. The van der Waals surface area contributed by atoms with Gasteiger partial charge in [0.15, 0.2) is 5.66 Å². The molecular formula is C6H9O4P. The molecule has 5 heteroatoms. The topological polar surface area (TPSA) is 77.4 Å². The summed E-state index contributed by atoms with van der Waals surface area (Å²) < 4.78 is 10.3. The Morgan fingerprint density at radius 2 is 2.18 bits per heavy atom. The molecule has 0 aromatic heterocycles. The molecule has 0 rings (SSSR count). The standard InChI is InChI=1S/C6H9O4P/c1-4(6(7)8)3-5(2)11(9)10/h3,5H,1-2H3,(H,7,8). The second-order valence-electron chi connectivity index (χ2n) is 2.18. The van der Waals surface area contributed by atoms with E-state index >= 15 is 0 Å². The van der Waals surface area contributed by atoms with Crippen molar-refractivity contribution in [2.24, 2.45) is 0 Å². The summed E-state index contributed by atoms with van der Waals surface area (Å²) in [6, 6.07) is 0. The second-order valence-corrected chi connectivity index (χ2v) is 3.57. The molecule has 0 saturated heterocycles. The second kappa shape index (κ2) is 4.21. The molecule has 62 valence electrons. The monoisotopic (exact) mass is 176 g/mol. The largest absolute Gasteiger partial charge is 0.595 e. The number of allylic oxidation sites excluding steroid dienone is 1. The third kappa shape index (κ3) is 3.86. The summed E-state index contributed by atoms with van der Waals surface area (Å²) in [5, 5.41) is 8.35. The van der Waals surface area contributed by atoms with Crippen LogP contribution in [0.2, 0.25) is 0 Å². The average molecular weight is 176 g/mol. The lowest BCUT2D eigenvalue weighted by Crippen LogP contribution is -2.04. The zero-order chi connectivity index (χ0) is 9.02. The first-order valence-electron chi connectivity index (χ1n) is 3.00. The minimum Gasteiger partial charge on any atom is -0.595 e. The highest BCUT2D eigenvalue weighted by molar-refractivity contribution is 7.37. The molecule has 0 saturated carbocycles. The van der Waals surface area contributed by atoms with Crippen molar-refractivity contribution in [3.05, 3.63) is 11.6 Å². The Bertz CT molecular complexity index is 209. The first kappa shape index (κ1) is 10.3. The number of carboxylic acids is 1. The fourth-order valence-electron chi connectivity index (χ4n) is 0.494. The molecule has 0 heterocycles. The van der Waals surface area contributed by atoms with Crippen LogP contribution in [-0.4, -0.2) is 16.7 Å². The van der Waals surface area contributed by atoms with Crippen molar-refractivity contribution in [2.45, 2.75) is 19.5 Å². The Morgan fingerprint density at radius 1 is 1.73 bits per heavy atom. The first-order chi connectivity index (χ1) is 4.95. The van der Waals surface area contributed by atoms with Crippen molar-refractivity contribution in [2.75, 3.05) is 0 Å². The van der Waals surface area contributed by atoms with Crippen LogP contribution in [-0.2, 0) is 9.36 Å².